The average molecular weight is 287 g/mol. The first-order chi connectivity index (χ1) is 10.2. The van der Waals surface area contributed by atoms with Gasteiger partial charge in [-0.2, -0.15) is 0 Å². The Morgan fingerprint density at radius 1 is 1.14 bits per heavy atom. The summed E-state index contributed by atoms with van der Waals surface area (Å²) < 4.78 is 9.88. The summed E-state index contributed by atoms with van der Waals surface area (Å²) in [6.07, 6.45) is 1.12. The van der Waals surface area contributed by atoms with E-state index < -0.39 is 6.09 Å². The summed E-state index contributed by atoms with van der Waals surface area (Å²) >= 11 is 0. The van der Waals surface area contributed by atoms with E-state index in [0.717, 1.165) is 17.1 Å². The van der Waals surface area contributed by atoms with Gasteiger partial charge in [0.2, 0.25) is 0 Å². The van der Waals surface area contributed by atoms with Crippen LogP contribution in [0.3, 0.4) is 0 Å². The van der Waals surface area contributed by atoms with Crippen LogP contribution in [-0.2, 0) is 4.74 Å². The third-order valence-corrected chi connectivity index (χ3v) is 2.65. The van der Waals surface area contributed by atoms with Gasteiger partial charge in [0.15, 0.2) is 0 Å². The van der Waals surface area contributed by atoms with Crippen LogP contribution in [0.2, 0.25) is 0 Å². The number of ether oxygens (including phenoxy) is 2. The number of pyridine rings is 1. The Morgan fingerprint density at radius 2 is 1.86 bits per heavy atom. The fraction of sp³-hybridized carbons (Fsp3) is 0.200. The summed E-state index contributed by atoms with van der Waals surface area (Å²) in [5, 5.41) is 5.73. The van der Waals surface area contributed by atoms with Crippen LogP contribution in [0.25, 0.3) is 0 Å². The van der Waals surface area contributed by atoms with Gasteiger partial charge in [0.1, 0.15) is 11.6 Å². The number of hydrogen-bond acceptors (Lipinski definition) is 5. The molecular formula is C15H17N3O3. The first kappa shape index (κ1) is 14.6. The number of anilines is 3. The minimum atomic E-state index is -0.513. The highest BCUT2D eigenvalue weighted by molar-refractivity contribution is 5.83. The third-order valence-electron chi connectivity index (χ3n) is 2.65. The van der Waals surface area contributed by atoms with Crippen molar-refractivity contribution in [3.63, 3.8) is 0 Å². The summed E-state index contributed by atoms with van der Waals surface area (Å²) in [5.74, 6) is 1.24. The molecule has 0 unspecified atom stereocenters. The number of carbonyl (C=O) groups is 1. The summed E-state index contributed by atoms with van der Waals surface area (Å²) in [6, 6.07) is 11.1. The Kier molecular flexibility index (Phi) is 4.98. The lowest BCUT2D eigenvalue weighted by Gasteiger charge is -2.08. The molecule has 2 rings (SSSR count). The van der Waals surface area contributed by atoms with Gasteiger partial charge in [0, 0.05) is 5.69 Å². The SMILES string of the molecule is CCOC(=O)Nc1ccc(Nc2ccc(OC)cc2)cn1. The molecule has 1 aromatic carbocycles. The van der Waals surface area contributed by atoms with Crippen LogP contribution in [0, 0.1) is 0 Å². The fourth-order valence-corrected chi connectivity index (χ4v) is 1.65. The molecule has 2 aromatic rings. The molecule has 0 aliphatic carbocycles. The zero-order chi connectivity index (χ0) is 15.1. The van der Waals surface area contributed by atoms with E-state index in [-0.39, 0.29) is 0 Å². The molecule has 2 N–H and O–H groups in total. The van der Waals surface area contributed by atoms with Crippen molar-refractivity contribution in [2.45, 2.75) is 6.92 Å². The maximum absolute atomic E-state index is 11.2. The second-order valence-electron chi connectivity index (χ2n) is 4.13. The predicted molar refractivity (Wildman–Crippen MR) is 81.2 cm³/mol. The molecule has 0 bridgehead atoms. The van der Waals surface area contributed by atoms with Gasteiger partial charge in [-0.1, -0.05) is 0 Å². The lowest BCUT2D eigenvalue weighted by atomic mass is 10.3. The van der Waals surface area contributed by atoms with Crippen LogP contribution in [0.1, 0.15) is 6.92 Å². The molecule has 0 aliphatic heterocycles. The summed E-state index contributed by atoms with van der Waals surface area (Å²) in [4.78, 5) is 15.4. The van der Waals surface area contributed by atoms with Crippen molar-refractivity contribution in [2.24, 2.45) is 0 Å². The predicted octanol–water partition coefficient (Wildman–Crippen LogP) is 3.40. The van der Waals surface area contributed by atoms with Gasteiger partial charge >= 0.3 is 6.09 Å². The number of nitrogens with zero attached hydrogens (tertiary/aromatic N) is 1. The first-order valence-corrected chi connectivity index (χ1v) is 6.52. The Morgan fingerprint density at radius 3 is 2.43 bits per heavy atom. The molecular weight excluding hydrogens is 270 g/mol. The van der Waals surface area contributed by atoms with Gasteiger partial charge in [0.25, 0.3) is 0 Å². The van der Waals surface area contributed by atoms with Crippen LogP contribution in [-0.4, -0.2) is 24.8 Å². The molecule has 0 radical (unpaired) electrons. The van der Waals surface area contributed by atoms with E-state index in [2.05, 4.69) is 15.6 Å². The van der Waals surface area contributed by atoms with Crippen molar-refractivity contribution in [1.29, 1.82) is 0 Å². The molecule has 0 fully saturated rings. The molecule has 110 valence electrons. The largest absolute Gasteiger partial charge is 0.497 e. The number of amides is 1. The van der Waals surface area contributed by atoms with Crippen LogP contribution < -0.4 is 15.4 Å². The standard InChI is InChI=1S/C15H17N3O3/c1-3-21-15(19)18-14-9-6-12(10-16-14)17-11-4-7-13(20-2)8-5-11/h4-10,17H,3H2,1-2H3,(H,16,18,19). The quantitative estimate of drug-likeness (QED) is 0.881. The Bertz CT molecular complexity index is 582. The van der Waals surface area contributed by atoms with Gasteiger partial charge in [-0.15, -0.1) is 0 Å². The summed E-state index contributed by atoms with van der Waals surface area (Å²) in [6.45, 7) is 2.07. The molecule has 6 nitrogen and oxygen atoms in total. The number of aromatic nitrogens is 1. The second-order valence-corrected chi connectivity index (χ2v) is 4.13. The van der Waals surface area contributed by atoms with Gasteiger partial charge in [-0.25, -0.2) is 9.78 Å². The minimum absolute atomic E-state index is 0.322. The molecule has 1 heterocycles. The van der Waals surface area contributed by atoms with Crippen molar-refractivity contribution < 1.29 is 14.3 Å². The molecule has 0 aliphatic rings. The van der Waals surface area contributed by atoms with E-state index in [1.165, 1.54) is 0 Å². The molecule has 21 heavy (non-hydrogen) atoms. The van der Waals surface area contributed by atoms with Crippen LogP contribution in [0.5, 0.6) is 5.75 Å². The van der Waals surface area contributed by atoms with Crippen molar-refractivity contribution in [3.8, 4) is 5.75 Å². The molecule has 1 aromatic heterocycles. The van der Waals surface area contributed by atoms with E-state index in [1.54, 1.807) is 26.3 Å². The molecule has 6 heteroatoms. The minimum Gasteiger partial charge on any atom is -0.497 e. The number of rotatable bonds is 5. The number of benzene rings is 1. The van der Waals surface area contributed by atoms with E-state index >= 15 is 0 Å². The molecule has 0 atom stereocenters. The average Bonchev–Trinajstić information content (AvgIpc) is 2.50. The zero-order valence-corrected chi connectivity index (χ0v) is 11.9. The Hall–Kier alpha value is -2.76. The number of nitrogens with one attached hydrogen (secondary N) is 2. The second kappa shape index (κ2) is 7.14. The van der Waals surface area contributed by atoms with E-state index in [9.17, 15) is 4.79 Å². The number of methoxy groups -OCH3 is 1. The number of carbonyl (C=O) groups excluding carboxylic acids is 1. The fourth-order valence-electron chi connectivity index (χ4n) is 1.65. The van der Waals surface area contributed by atoms with Crippen molar-refractivity contribution >= 4 is 23.3 Å². The van der Waals surface area contributed by atoms with Crippen LogP contribution in [0.4, 0.5) is 22.0 Å². The van der Waals surface area contributed by atoms with Crippen molar-refractivity contribution in [3.05, 3.63) is 42.6 Å². The Balaban J connectivity index is 1.96. The van der Waals surface area contributed by atoms with Crippen molar-refractivity contribution in [1.82, 2.24) is 4.98 Å². The normalized spacial score (nSPS) is 9.81. The number of hydrogen-bond donors (Lipinski definition) is 2. The first-order valence-electron chi connectivity index (χ1n) is 6.52. The smallest absolute Gasteiger partial charge is 0.412 e. The summed E-state index contributed by atoms with van der Waals surface area (Å²) in [7, 11) is 1.63. The maximum Gasteiger partial charge on any atom is 0.412 e. The highest BCUT2D eigenvalue weighted by Crippen LogP contribution is 2.20. The topological polar surface area (TPSA) is 72.5 Å². The highest BCUT2D eigenvalue weighted by Gasteiger charge is 2.03. The third kappa shape index (κ3) is 4.38. The van der Waals surface area contributed by atoms with E-state index in [4.69, 9.17) is 9.47 Å². The van der Waals surface area contributed by atoms with Crippen molar-refractivity contribution in [2.75, 3.05) is 24.4 Å². The van der Waals surface area contributed by atoms with E-state index in [1.807, 2.05) is 30.3 Å². The maximum atomic E-state index is 11.2. The van der Waals surface area contributed by atoms with Crippen LogP contribution in [0.15, 0.2) is 42.6 Å². The van der Waals surface area contributed by atoms with Gasteiger partial charge in [0.05, 0.1) is 25.6 Å². The summed E-state index contributed by atoms with van der Waals surface area (Å²) in [5.41, 5.74) is 1.73. The van der Waals surface area contributed by atoms with Gasteiger partial charge < -0.3 is 14.8 Å². The lowest BCUT2D eigenvalue weighted by Crippen LogP contribution is -2.14. The van der Waals surface area contributed by atoms with Gasteiger partial charge in [-0.05, 0) is 43.3 Å². The van der Waals surface area contributed by atoms with Gasteiger partial charge in [-0.3, -0.25) is 5.32 Å². The lowest BCUT2D eigenvalue weighted by molar-refractivity contribution is 0.168. The highest BCUT2D eigenvalue weighted by atomic mass is 16.5. The van der Waals surface area contributed by atoms with E-state index in [0.29, 0.717) is 12.4 Å². The molecule has 0 saturated carbocycles. The van der Waals surface area contributed by atoms with Crippen LogP contribution >= 0.6 is 0 Å². The Labute approximate surface area is 123 Å². The molecule has 1 amide bonds. The monoisotopic (exact) mass is 287 g/mol. The zero-order valence-electron chi connectivity index (χ0n) is 11.9. The molecule has 0 spiro atoms. The molecule has 0 saturated heterocycles.